The number of benzene rings is 1. The molecule has 1 aliphatic carbocycles. The predicted octanol–water partition coefficient (Wildman–Crippen LogP) is 2.44. The van der Waals surface area contributed by atoms with Crippen LogP contribution in [0, 0.1) is 5.92 Å². The molecule has 1 atom stereocenters. The first-order valence-electron chi connectivity index (χ1n) is 11.4. The zero-order valence-electron chi connectivity index (χ0n) is 19.6. The number of nitrogens with one attached hydrogen (secondary N) is 1. The topological polar surface area (TPSA) is 103 Å². The standard InChI is InChI=1S/C24H34N4O4S/c1-4-12-28(16-19-10-11-19)23-15-20(14-22(26-23)27(2)33(3,31)32)24(30)25-21(17-29)13-18-8-6-5-7-9-18/h5-9,14-15,19,21,29H,4,10-13,16-17H2,1-3H3,(H,25,30)/t21-/m0/s1. The molecule has 0 saturated heterocycles. The smallest absolute Gasteiger partial charge is 0.251 e. The molecule has 2 aromatic rings. The minimum absolute atomic E-state index is 0.195. The van der Waals surface area contributed by atoms with Crippen LogP contribution in [0.5, 0.6) is 0 Å². The highest BCUT2D eigenvalue weighted by atomic mass is 32.2. The lowest BCUT2D eigenvalue weighted by atomic mass is 10.1. The van der Waals surface area contributed by atoms with E-state index in [-0.39, 0.29) is 18.3 Å². The fourth-order valence-corrected chi connectivity index (χ4v) is 4.07. The van der Waals surface area contributed by atoms with E-state index in [2.05, 4.69) is 22.1 Å². The average Bonchev–Trinajstić information content (AvgIpc) is 3.61. The summed E-state index contributed by atoms with van der Waals surface area (Å²) in [6, 6.07) is 12.4. The van der Waals surface area contributed by atoms with Crippen LogP contribution < -0.4 is 14.5 Å². The van der Waals surface area contributed by atoms with E-state index < -0.39 is 16.1 Å². The third kappa shape index (κ3) is 7.17. The summed E-state index contributed by atoms with van der Waals surface area (Å²) in [5.74, 6) is 1.02. The van der Waals surface area contributed by atoms with E-state index in [1.54, 1.807) is 6.07 Å². The van der Waals surface area contributed by atoms with Crippen molar-refractivity contribution in [2.45, 2.75) is 38.6 Å². The molecule has 1 aliphatic rings. The van der Waals surface area contributed by atoms with Gasteiger partial charge in [-0.1, -0.05) is 37.3 Å². The number of rotatable bonds is 12. The third-order valence-electron chi connectivity index (χ3n) is 5.75. The summed E-state index contributed by atoms with van der Waals surface area (Å²) in [5.41, 5.74) is 1.32. The van der Waals surface area contributed by atoms with Crippen LogP contribution in [-0.4, -0.2) is 63.5 Å². The second-order valence-electron chi connectivity index (χ2n) is 8.73. The number of carbonyl (C=O) groups is 1. The Morgan fingerprint density at radius 1 is 1.21 bits per heavy atom. The van der Waals surface area contributed by atoms with Crippen molar-refractivity contribution in [2.75, 3.05) is 42.2 Å². The summed E-state index contributed by atoms with van der Waals surface area (Å²) < 4.78 is 25.4. The zero-order chi connectivity index (χ0) is 24.0. The van der Waals surface area contributed by atoms with Crippen molar-refractivity contribution in [1.29, 1.82) is 0 Å². The van der Waals surface area contributed by atoms with Gasteiger partial charge in [0.15, 0.2) is 0 Å². The van der Waals surface area contributed by atoms with Crippen molar-refractivity contribution in [1.82, 2.24) is 10.3 Å². The van der Waals surface area contributed by atoms with Crippen molar-refractivity contribution in [3.05, 3.63) is 53.6 Å². The molecule has 1 amide bonds. The molecule has 1 aromatic carbocycles. The maximum Gasteiger partial charge on any atom is 0.251 e. The van der Waals surface area contributed by atoms with Crippen LogP contribution in [0.2, 0.25) is 0 Å². The number of aromatic nitrogens is 1. The number of aliphatic hydroxyl groups is 1. The molecule has 0 unspecified atom stereocenters. The van der Waals surface area contributed by atoms with Crippen LogP contribution >= 0.6 is 0 Å². The number of sulfonamides is 1. The molecule has 1 fully saturated rings. The number of hydrogen-bond donors (Lipinski definition) is 2. The SMILES string of the molecule is CCCN(CC1CC1)c1cc(C(=O)N[C@H](CO)Cc2ccccc2)cc(N(C)S(C)(=O)=O)n1. The van der Waals surface area contributed by atoms with Crippen LogP contribution in [0.4, 0.5) is 11.6 Å². The lowest BCUT2D eigenvalue weighted by Crippen LogP contribution is -2.39. The predicted molar refractivity (Wildman–Crippen MR) is 131 cm³/mol. The minimum atomic E-state index is -3.55. The quantitative estimate of drug-likeness (QED) is 0.490. The normalized spacial score (nSPS) is 14.5. The second kappa shape index (κ2) is 11.0. The molecule has 0 aliphatic heterocycles. The van der Waals surface area contributed by atoms with E-state index >= 15 is 0 Å². The fourth-order valence-electron chi connectivity index (χ4n) is 3.64. The zero-order valence-corrected chi connectivity index (χ0v) is 20.4. The van der Waals surface area contributed by atoms with Crippen molar-refractivity contribution in [3.63, 3.8) is 0 Å². The van der Waals surface area contributed by atoms with Crippen LogP contribution in [0.3, 0.4) is 0 Å². The number of carbonyl (C=O) groups excluding carboxylic acids is 1. The van der Waals surface area contributed by atoms with E-state index in [0.717, 1.165) is 35.6 Å². The van der Waals surface area contributed by atoms with Gasteiger partial charge in [-0.05, 0) is 49.3 Å². The number of hydrogen-bond acceptors (Lipinski definition) is 6. The van der Waals surface area contributed by atoms with Gasteiger partial charge in [-0.2, -0.15) is 0 Å². The van der Waals surface area contributed by atoms with E-state index in [9.17, 15) is 18.3 Å². The fraction of sp³-hybridized carbons (Fsp3) is 0.500. The minimum Gasteiger partial charge on any atom is -0.394 e. The van der Waals surface area contributed by atoms with E-state index in [1.807, 2.05) is 30.3 Å². The monoisotopic (exact) mass is 474 g/mol. The molecular formula is C24H34N4O4S. The number of amides is 1. The molecule has 33 heavy (non-hydrogen) atoms. The van der Waals surface area contributed by atoms with Gasteiger partial charge in [0, 0.05) is 25.7 Å². The molecule has 3 rings (SSSR count). The highest BCUT2D eigenvalue weighted by Crippen LogP contribution is 2.32. The number of nitrogens with zero attached hydrogens (tertiary/aromatic N) is 3. The van der Waals surface area contributed by atoms with Crippen LogP contribution in [0.1, 0.15) is 42.1 Å². The number of anilines is 2. The Balaban J connectivity index is 1.90. The molecule has 2 N–H and O–H groups in total. The van der Waals surface area contributed by atoms with Gasteiger partial charge in [-0.25, -0.2) is 13.4 Å². The lowest BCUT2D eigenvalue weighted by Gasteiger charge is -2.26. The van der Waals surface area contributed by atoms with Gasteiger partial charge < -0.3 is 15.3 Å². The highest BCUT2D eigenvalue weighted by Gasteiger charge is 2.26. The van der Waals surface area contributed by atoms with Gasteiger partial charge in [0.25, 0.3) is 5.91 Å². The average molecular weight is 475 g/mol. The summed E-state index contributed by atoms with van der Waals surface area (Å²) in [5, 5.41) is 12.7. The van der Waals surface area contributed by atoms with Crippen molar-refractivity contribution >= 4 is 27.6 Å². The van der Waals surface area contributed by atoms with Crippen molar-refractivity contribution in [3.8, 4) is 0 Å². The lowest BCUT2D eigenvalue weighted by molar-refractivity contribution is 0.0916. The Kier molecular flexibility index (Phi) is 8.31. The molecule has 1 aromatic heterocycles. The molecule has 180 valence electrons. The summed E-state index contributed by atoms with van der Waals surface area (Å²) in [6.07, 6.45) is 4.85. The number of aliphatic hydroxyl groups excluding tert-OH is 1. The van der Waals surface area contributed by atoms with Crippen LogP contribution in [0.15, 0.2) is 42.5 Å². The first kappa shape index (κ1) is 25.0. The largest absolute Gasteiger partial charge is 0.394 e. The molecule has 0 spiro atoms. The molecule has 1 heterocycles. The van der Waals surface area contributed by atoms with Gasteiger partial charge in [0.05, 0.1) is 18.9 Å². The van der Waals surface area contributed by atoms with Gasteiger partial charge in [0.2, 0.25) is 10.0 Å². The summed E-state index contributed by atoms with van der Waals surface area (Å²) in [4.78, 5) is 19.9. The molecule has 8 nitrogen and oxygen atoms in total. The summed E-state index contributed by atoms with van der Waals surface area (Å²) in [7, 11) is -2.12. The van der Waals surface area contributed by atoms with E-state index in [4.69, 9.17) is 0 Å². The van der Waals surface area contributed by atoms with Crippen molar-refractivity contribution in [2.24, 2.45) is 5.92 Å². The summed E-state index contributed by atoms with van der Waals surface area (Å²) >= 11 is 0. The third-order valence-corrected chi connectivity index (χ3v) is 6.94. The molecule has 9 heteroatoms. The molecule has 0 bridgehead atoms. The van der Waals surface area contributed by atoms with Gasteiger partial charge >= 0.3 is 0 Å². The Morgan fingerprint density at radius 2 is 1.88 bits per heavy atom. The van der Waals surface area contributed by atoms with Crippen molar-refractivity contribution < 1.29 is 18.3 Å². The molecular weight excluding hydrogens is 440 g/mol. The Labute approximate surface area is 196 Å². The second-order valence-corrected chi connectivity index (χ2v) is 10.7. The van der Waals surface area contributed by atoms with Crippen LogP contribution in [-0.2, 0) is 16.4 Å². The maximum atomic E-state index is 13.2. The maximum absolute atomic E-state index is 13.2. The van der Waals surface area contributed by atoms with E-state index in [0.29, 0.717) is 23.7 Å². The Hall–Kier alpha value is -2.65. The molecule has 0 radical (unpaired) electrons. The first-order valence-corrected chi connectivity index (χ1v) is 13.2. The van der Waals surface area contributed by atoms with Crippen LogP contribution in [0.25, 0.3) is 0 Å². The van der Waals surface area contributed by atoms with Gasteiger partial charge in [-0.3, -0.25) is 9.10 Å². The summed E-state index contributed by atoms with van der Waals surface area (Å²) in [6.45, 7) is 3.47. The van der Waals surface area contributed by atoms with E-state index in [1.165, 1.54) is 26.0 Å². The van der Waals surface area contributed by atoms with Gasteiger partial charge in [0.1, 0.15) is 11.6 Å². The Morgan fingerprint density at radius 3 is 2.45 bits per heavy atom. The van der Waals surface area contributed by atoms with Gasteiger partial charge in [-0.15, -0.1) is 0 Å². The Bertz CT molecular complexity index is 1040. The number of pyridine rings is 1. The first-order chi connectivity index (χ1) is 15.7. The molecule has 1 saturated carbocycles. The highest BCUT2D eigenvalue weighted by molar-refractivity contribution is 7.92.